The fraction of sp³-hybridized carbons (Fsp3) is 0.455. The van der Waals surface area contributed by atoms with Gasteiger partial charge in [-0.1, -0.05) is 12.1 Å². The fourth-order valence-corrected chi connectivity index (χ4v) is 3.35. The molecule has 1 aromatic rings. The number of ether oxygens (including phenoxy) is 4. The number of carbonyl (C=O) groups excluding carboxylic acids is 2. The number of non-ortho nitro benzene ring substituents is 1. The van der Waals surface area contributed by atoms with E-state index in [0.717, 1.165) is 7.11 Å². The molecule has 1 heterocycles. The third-order valence-electron chi connectivity index (χ3n) is 5.13. The van der Waals surface area contributed by atoms with Gasteiger partial charge in [0.2, 0.25) is 0 Å². The van der Waals surface area contributed by atoms with Crippen LogP contribution in [-0.2, 0) is 18.9 Å². The highest BCUT2D eigenvalue weighted by Crippen LogP contribution is 2.41. The number of allylic oxidation sites excluding steroid dienone is 2. The molecule has 2 rings (SSSR count). The van der Waals surface area contributed by atoms with Gasteiger partial charge in [0.15, 0.2) is 0 Å². The number of benzene rings is 1. The summed E-state index contributed by atoms with van der Waals surface area (Å²) in [5.41, 5.74) is 0.436. The van der Waals surface area contributed by atoms with Crippen LogP contribution in [0.15, 0.2) is 47.2 Å². The number of nitrogens with zero attached hydrogens (tertiary/aromatic N) is 1. The van der Waals surface area contributed by atoms with Crippen molar-refractivity contribution in [3.05, 3.63) is 62.9 Å². The van der Waals surface area contributed by atoms with Crippen molar-refractivity contribution in [1.29, 1.82) is 0 Å². The highest BCUT2D eigenvalue weighted by Gasteiger charge is 2.56. The van der Waals surface area contributed by atoms with E-state index in [1.54, 1.807) is 0 Å². The van der Waals surface area contributed by atoms with Gasteiger partial charge in [0.25, 0.3) is 5.69 Å². The molecule has 37 heavy (non-hydrogen) atoms. The molecule has 0 saturated carbocycles. The summed E-state index contributed by atoms with van der Waals surface area (Å²) in [6.07, 6.45) is -10.5. The Morgan fingerprint density at radius 3 is 2.16 bits per heavy atom. The molecule has 1 aliphatic heterocycles. The predicted octanol–water partition coefficient (Wildman–Crippen LogP) is 6.05. The first kappa shape index (κ1) is 29.3. The van der Waals surface area contributed by atoms with E-state index < -0.39 is 54.7 Å². The van der Waals surface area contributed by atoms with Crippen LogP contribution in [0.3, 0.4) is 0 Å². The van der Waals surface area contributed by atoms with E-state index in [9.17, 15) is 41.7 Å². The Labute approximate surface area is 207 Å². The predicted molar refractivity (Wildman–Crippen MR) is 115 cm³/mol. The topological polar surface area (TPSA) is 126 Å². The van der Waals surface area contributed by atoms with Gasteiger partial charge in [-0.2, -0.15) is 22.0 Å². The zero-order chi connectivity index (χ0) is 28.0. The second-order valence-corrected chi connectivity index (χ2v) is 7.80. The number of unbranched alkanes of at least 4 members (excludes halogenated alkanes) is 1. The smallest absolute Gasteiger partial charge is 0.437 e. The maximum absolute atomic E-state index is 13.0. The lowest BCUT2D eigenvalue weighted by molar-refractivity contribution is -0.384. The van der Waals surface area contributed by atoms with E-state index in [0.29, 0.717) is 5.70 Å². The van der Waals surface area contributed by atoms with Crippen molar-refractivity contribution >= 4 is 18.0 Å². The van der Waals surface area contributed by atoms with Crippen LogP contribution in [0.2, 0.25) is 0 Å². The molecular formula is C22H23F5N2O8. The number of halogens is 5. The number of dihydropyridines is 1. The minimum absolute atomic E-state index is 0.102. The van der Waals surface area contributed by atoms with Crippen molar-refractivity contribution < 1.29 is 55.4 Å². The number of nitro groups is 1. The third-order valence-corrected chi connectivity index (χ3v) is 5.13. The summed E-state index contributed by atoms with van der Waals surface area (Å²) in [4.78, 5) is 34.7. The number of rotatable bonds is 9. The molecule has 0 amide bonds. The third kappa shape index (κ3) is 7.54. The van der Waals surface area contributed by atoms with Crippen LogP contribution in [0.1, 0.15) is 44.6 Å². The van der Waals surface area contributed by atoms with E-state index in [1.807, 2.05) is 0 Å². The maximum atomic E-state index is 13.0. The summed E-state index contributed by atoms with van der Waals surface area (Å²) in [7, 11) is 1.05. The van der Waals surface area contributed by atoms with Gasteiger partial charge in [-0.3, -0.25) is 10.1 Å². The minimum atomic E-state index is -5.68. The maximum Gasteiger partial charge on any atom is 0.513 e. The van der Waals surface area contributed by atoms with Crippen molar-refractivity contribution in [1.82, 2.24) is 5.32 Å². The molecule has 0 aromatic heterocycles. The van der Waals surface area contributed by atoms with Crippen LogP contribution in [0, 0.1) is 10.1 Å². The number of alkyl halides is 5. The Morgan fingerprint density at radius 2 is 1.62 bits per heavy atom. The standard InChI is InChI=1S/C22H23F5N2O8/c1-12-17(36-19(30)34-3)16(14-7-6-8-15(11-14)29(32)33)18(13(2)28-12)37-20(31)35-10-5-4-9-21(23,24)22(25,26)27/h6-8,11,16,28H,4-5,9-10H2,1-3H3. The van der Waals surface area contributed by atoms with Crippen molar-refractivity contribution in [3.63, 3.8) is 0 Å². The van der Waals surface area contributed by atoms with Gasteiger partial charge in [-0.25, -0.2) is 9.59 Å². The second kappa shape index (κ2) is 11.9. The van der Waals surface area contributed by atoms with E-state index in [1.165, 1.54) is 38.1 Å². The van der Waals surface area contributed by atoms with Gasteiger partial charge in [-0.15, -0.1) is 0 Å². The zero-order valence-corrected chi connectivity index (χ0v) is 19.8. The Morgan fingerprint density at radius 1 is 1.03 bits per heavy atom. The van der Waals surface area contributed by atoms with Gasteiger partial charge in [0.1, 0.15) is 17.4 Å². The number of methoxy groups -OCH3 is 1. The Hall–Kier alpha value is -3.91. The first-order chi connectivity index (χ1) is 17.2. The molecule has 0 aliphatic carbocycles. The summed E-state index contributed by atoms with van der Waals surface area (Å²) in [5.74, 6) is -6.29. The molecule has 1 aromatic carbocycles. The summed E-state index contributed by atoms with van der Waals surface area (Å²) >= 11 is 0. The lowest BCUT2D eigenvalue weighted by Gasteiger charge is -2.30. The molecule has 1 unspecified atom stereocenters. The highest BCUT2D eigenvalue weighted by molar-refractivity contribution is 5.65. The lowest BCUT2D eigenvalue weighted by atomic mass is 9.90. The average molecular weight is 538 g/mol. The average Bonchev–Trinajstić information content (AvgIpc) is 2.81. The van der Waals surface area contributed by atoms with Crippen LogP contribution >= 0.6 is 0 Å². The summed E-state index contributed by atoms with van der Waals surface area (Å²) in [5, 5.41) is 14.1. The molecule has 0 radical (unpaired) electrons. The van der Waals surface area contributed by atoms with Crippen LogP contribution < -0.4 is 5.32 Å². The fourth-order valence-electron chi connectivity index (χ4n) is 3.35. The number of nitrogens with one attached hydrogen (secondary N) is 1. The zero-order valence-electron chi connectivity index (χ0n) is 19.8. The van der Waals surface area contributed by atoms with Gasteiger partial charge in [-0.05, 0) is 32.3 Å². The monoisotopic (exact) mass is 538 g/mol. The van der Waals surface area contributed by atoms with Crippen LogP contribution in [0.4, 0.5) is 37.2 Å². The van der Waals surface area contributed by atoms with Gasteiger partial charge in [0.05, 0.1) is 30.0 Å². The molecule has 1 atom stereocenters. The molecule has 0 spiro atoms. The van der Waals surface area contributed by atoms with E-state index >= 15 is 0 Å². The largest absolute Gasteiger partial charge is 0.513 e. The first-order valence-corrected chi connectivity index (χ1v) is 10.7. The quantitative estimate of drug-likeness (QED) is 0.131. The molecule has 0 bridgehead atoms. The van der Waals surface area contributed by atoms with Crippen LogP contribution in [0.25, 0.3) is 0 Å². The lowest BCUT2D eigenvalue weighted by Crippen LogP contribution is -2.36. The normalized spacial score (nSPS) is 16.2. The van der Waals surface area contributed by atoms with Gasteiger partial charge >= 0.3 is 24.4 Å². The number of nitro benzene ring substituents is 1. The molecule has 204 valence electrons. The number of hydrogen-bond acceptors (Lipinski definition) is 9. The number of carbonyl (C=O) groups is 2. The highest BCUT2D eigenvalue weighted by atomic mass is 19.4. The SMILES string of the molecule is COC(=O)OC1=C(C)NC(C)=C(OC(=O)OCCCCC(F)(F)C(F)(F)F)C1c1cccc([N+](=O)[O-])c1. The Kier molecular flexibility index (Phi) is 9.42. The van der Waals surface area contributed by atoms with Crippen molar-refractivity contribution in [2.45, 2.75) is 51.1 Å². The van der Waals surface area contributed by atoms with Crippen molar-refractivity contribution in [3.8, 4) is 0 Å². The van der Waals surface area contributed by atoms with Crippen molar-refractivity contribution in [2.24, 2.45) is 0 Å². The second-order valence-electron chi connectivity index (χ2n) is 7.80. The summed E-state index contributed by atoms with van der Waals surface area (Å²) in [6.45, 7) is 2.50. The Balaban J connectivity index is 2.20. The van der Waals surface area contributed by atoms with Crippen LogP contribution in [-0.4, -0.2) is 43.0 Å². The van der Waals surface area contributed by atoms with Crippen molar-refractivity contribution in [2.75, 3.05) is 13.7 Å². The number of hydrogen-bond donors (Lipinski definition) is 1. The molecule has 10 nitrogen and oxygen atoms in total. The summed E-state index contributed by atoms with van der Waals surface area (Å²) in [6, 6.07) is 5.21. The molecular weight excluding hydrogens is 515 g/mol. The molecule has 0 fully saturated rings. The van der Waals surface area contributed by atoms with Gasteiger partial charge < -0.3 is 24.3 Å². The van der Waals surface area contributed by atoms with E-state index in [4.69, 9.17) is 14.2 Å². The molecule has 15 heteroatoms. The molecule has 1 N–H and O–H groups in total. The first-order valence-electron chi connectivity index (χ1n) is 10.7. The Bertz CT molecular complexity index is 1100. The van der Waals surface area contributed by atoms with E-state index in [2.05, 4.69) is 10.1 Å². The minimum Gasteiger partial charge on any atom is -0.437 e. The van der Waals surface area contributed by atoms with E-state index in [-0.39, 0.29) is 34.9 Å². The summed E-state index contributed by atoms with van der Waals surface area (Å²) < 4.78 is 82.4. The molecule has 1 aliphatic rings. The van der Waals surface area contributed by atoms with Gasteiger partial charge in [0, 0.05) is 18.6 Å². The molecule has 0 saturated heterocycles. The van der Waals surface area contributed by atoms with Crippen LogP contribution in [0.5, 0.6) is 0 Å².